The Kier molecular flexibility index (Phi) is 4.61. The Bertz CT molecular complexity index is 483. The van der Waals surface area contributed by atoms with Crippen LogP contribution in [0.3, 0.4) is 0 Å². The lowest BCUT2D eigenvalue weighted by atomic mass is 10.2. The summed E-state index contributed by atoms with van der Waals surface area (Å²) >= 11 is 0. The maximum atomic E-state index is 11.7. The Balaban J connectivity index is 2.01. The zero-order valence-corrected chi connectivity index (χ0v) is 11.5. The maximum absolute atomic E-state index is 11.7. The van der Waals surface area contributed by atoms with Gasteiger partial charge in [0, 0.05) is 13.0 Å². The number of hydrogen-bond acceptors (Lipinski definition) is 3. The number of rotatable bonds is 6. The van der Waals surface area contributed by atoms with Gasteiger partial charge in [-0.1, -0.05) is 19.1 Å². The quantitative estimate of drug-likeness (QED) is 0.864. The van der Waals surface area contributed by atoms with E-state index in [1.165, 1.54) is 4.90 Å². The monoisotopic (exact) mass is 277 g/mol. The highest BCUT2D eigenvalue weighted by molar-refractivity contribution is 5.87. The predicted molar refractivity (Wildman–Crippen MR) is 73.4 cm³/mol. The van der Waals surface area contributed by atoms with Crippen molar-refractivity contribution in [3.05, 3.63) is 29.8 Å². The molecule has 0 aromatic heterocycles. The molecule has 1 N–H and O–H groups in total. The van der Waals surface area contributed by atoms with Crippen LogP contribution >= 0.6 is 0 Å². The van der Waals surface area contributed by atoms with Crippen molar-refractivity contribution < 1.29 is 19.4 Å². The standard InChI is InChI=1S/C15H19NO4/c1-2-9-20-12-5-3-11(4-6-12)10-16-13(15(18)19)7-8-14(16)17/h3-6,13H,2,7-10H2,1H3,(H,18,19). The molecule has 20 heavy (non-hydrogen) atoms. The van der Waals surface area contributed by atoms with Crippen LogP contribution < -0.4 is 4.74 Å². The third-order valence-corrected chi connectivity index (χ3v) is 3.36. The first-order valence-electron chi connectivity index (χ1n) is 6.86. The third-order valence-electron chi connectivity index (χ3n) is 3.36. The lowest BCUT2D eigenvalue weighted by molar-refractivity contribution is -0.146. The minimum absolute atomic E-state index is 0.0938. The Labute approximate surface area is 118 Å². The van der Waals surface area contributed by atoms with E-state index in [2.05, 4.69) is 0 Å². The van der Waals surface area contributed by atoms with Crippen molar-refractivity contribution in [3.8, 4) is 5.75 Å². The van der Waals surface area contributed by atoms with E-state index in [0.29, 0.717) is 26.0 Å². The van der Waals surface area contributed by atoms with E-state index in [-0.39, 0.29) is 5.91 Å². The number of hydrogen-bond donors (Lipinski definition) is 1. The number of likely N-dealkylation sites (tertiary alicyclic amines) is 1. The van der Waals surface area contributed by atoms with Gasteiger partial charge in [-0.05, 0) is 30.5 Å². The number of aliphatic carboxylic acids is 1. The van der Waals surface area contributed by atoms with Crippen molar-refractivity contribution in [3.63, 3.8) is 0 Å². The highest BCUT2D eigenvalue weighted by Gasteiger charge is 2.35. The van der Waals surface area contributed by atoms with Crippen LogP contribution in [0.5, 0.6) is 5.75 Å². The van der Waals surface area contributed by atoms with Crippen molar-refractivity contribution in [2.75, 3.05) is 6.61 Å². The maximum Gasteiger partial charge on any atom is 0.326 e. The van der Waals surface area contributed by atoms with Crippen molar-refractivity contribution in [1.82, 2.24) is 4.90 Å². The van der Waals surface area contributed by atoms with Crippen LogP contribution in [0, 0.1) is 0 Å². The van der Waals surface area contributed by atoms with Crippen LogP contribution in [0.4, 0.5) is 0 Å². The van der Waals surface area contributed by atoms with Crippen LogP contribution in [-0.4, -0.2) is 34.5 Å². The van der Waals surface area contributed by atoms with Crippen LogP contribution in [0.25, 0.3) is 0 Å². The summed E-state index contributed by atoms with van der Waals surface area (Å²) in [5.74, 6) is -0.236. The normalized spacial score (nSPS) is 18.4. The number of carboxylic acids is 1. The van der Waals surface area contributed by atoms with Gasteiger partial charge < -0.3 is 14.7 Å². The van der Waals surface area contributed by atoms with Crippen molar-refractivity contribution in [2.45, 2.75) is 38.8 Å². The molecule has 1 heterocycles. The Morgan fingerprint density at radius 1 is 1.40 bits per heavy atom. The molecular formula is C15H19NO4. The molecular weight excluding hydrogens is 258 g/mol. The molecule has 2 rings (SSSR count). The highest BCUT2D eigenvalue weighted by Crippen LogP contribution is 2.22. The number of carbonyl (C=O) groups is 2. The molecule has 1 amide bonds. The molecule has 1 aliphatic rings. The summed E-state index contributed by atoms with van der Waals surface area (Å²) in [7, 11) is 0. The minimum Gasteiger partial charge on any atom is -0.494 e. The van der Waals surface area contributed by atoms with Crippen molar-refractivity contribution in [1.29, 1.82) is 0 Å². The molecule has 0 saturated carbocycles. The van der Waals surface area contributed by atoms with E-state index in [1.54, 1.807) is 0 Å². The first-order valence-corrected chi connectivity index (χ1v) is 6.86. The van der Waals surface area contributed by atoms with Gasteiger partial charge in [0.15, 0.2) is 0 Å². The van der Waals surface area contributed by atoms with Gasteiger partial charge in [0.2, 0.25) is 5.91 Å². The molecule has 1 fully saturated rings. The SMILES string of the molecule is CCCOc1ccc(CN2C(=O)CCC2C(=O)O)cc1. The van der Waals surface area contributed by atoms with Gasteiger partial charge >= 0.3 is 5.97 Å². The van der Waals surface area contributed by atoms with E-state index in [4.69, 9.17) is 9.84 Å². The molecule has 0 radical (unpaired) electrons. The Morgan fingerprint density at radius 2 is 2.10 bits per heavy atom. The third kappa shape index (κ3) is 3.29. The van der Waals surface area contributed by atoms with E-state index < -0.39 is 12.0 Å². The summed E-state index contributed by atoms with van der Waals surface area (Å²) in [5, 5.41) is 9.11. The number of carbonyl (C=O) groups excluding carboxylic acids is 1. The lowest BCUT2D eigenvalue weighted by Crippen LogP contribution is -2.37. The summed E-state index contributed by atoms with van der Waals surface area (Å²) in [5.41, 5.74) is 0.912. The summed E-state index contributed by atoms with van der Waals surface area (Å²) in [6, 6.07) is 6.74. The van der Waals surface area contributed by atoms with Gasteiger partial charge in [0.05, 0.1) is 6.61 Å². The Morgan fingerprint density at radius 3 is 2.70 bits per heavy atom. The molecule has 1 atom stereocenters. The molecule has 0 aliphatic carbocycles. The number of ether oxygens (including phenoxy) is 1. The average Bonchev–Trinajstić information content (AvgIpc) is 2.80. The molecule has 1 saturated heterocycles. The van der Waals surface area contributed by atoms with Crippen LogP contribution in [0.2, 0.25) is 0 Å². The van der Waals surface area contributed by atoms with Gasteiger partial charge in [-0.15, -0.1) is 0 Å². The van der Waals surface area contributed by atoms with Crippen molar-refractivity contribution in [2.24, 2.45) is 0 Å². The Hall–Kier alpha value is -2.04. The number of amides is 1. The number of carboxylic acid groups (broad SMARTS) is 1. The molecule has 0 bridgehead atoms. The molecule has 1 aromatic carbocycles. The second-order valence-electron chi connectivity index (χ2n) is 4.91. The summed E-state index contributed by atoms with van der Waals surface area (Å²) in [4.78, 5) is 24.3. The predicted octanol–water partition coefficient (Wildman–Crippen LogP) is 2.05. The second kappa shape index (κ2) is 6.41. The van der Waals surface area contributed by atoms with Crippen LogP contribution in [-0.2, 0) is 16.1 Å². The first kappa shape index (κ1) is 14.4. The molecule has 5 heteroatoms. The van der Waals surface area contributed by atoms with E-state index in [9.17, 15) is 9.59 Å². The van der Waals surface area contributed by atoms with Crippen molar-refractivity contribution >= 4 is 11.9 Å². The molecule has 1 aromatic rings. The summed E-state index contributed by atoms with van der Waals surface area (Å²) in [6.07, 6.45) is 1.66. The summed E-state index contributed by atoms with van der Waals surface area (Å²) in [6.45, 7) is 3.05. The fraction of sp³-hybridized carbons (Fsp3) is 0.467. The largest absolute Gasteiger partial charge is 0.494 e. The smallest absolute Gasteiger partial charge is 0.326 e. The van der Waals surface area contributed by atoms with Gasteiger partial charge in [-0.3, -0.25) is 4.79 Å². The zero-order chi connectivity index (χ0) is 14.5. The minimum atomic E-state index is -0.932. The number of nitrogens with zero attached hydrogens (tertiary/aromatic N) is 1. The van der Waals surface area contributed by atoms with E-state index >= 15 is 0 Å². The van der Waals surface area contributed by atoms with Gasteiger partial charge in [0.1, 0.15) is 11.8 Å². The first-order chi connectivity index (χ1) is 9.61. The molecule has 0 spiro atoms. The molecule has 1 aliphatic heterocycles. The average molecular weight is 277 g/mol. The van der Waals surface area contributed by atoms with Gasteiger partial charge in [-0.2, -0.15) is 0 Å². The second-order valence-corrected chi connectivity index (χ2v) is 4.91. The molecule has 5 nitrogen and oxygen atoms in total. The topological polar surface area (TPSA) is 66.8 Å². The number of benzene rings is 1. The highest BCUT2D eigenvalue weighted by atomic mass is 16.5. The fourth-order valence-electron chi connectivity index (χ4n) is 2.30. The summed E-state index contributed by atoms with van der Waals surface area (Å²) < 4.78 is 5.49. The molecule has 1 unspecified atom stereocenters. The van der Waals surface area contributed by atoms with Gasteiger partial charge in [-0.25, -0.2) is 4.79 Å². The van der Waals surface area contributed by atoms with Gasteiger partial charge in [0.25, 0.3) is 0 Å². The van der Waals surface area contributed by atoms with Crippen LogP contribution in [0.15, 0.2) is 24.3 Å². The molecule has 108 valence electrons. The lowest BCUT2D eigenvalue weighted by Gasteiger charge is -2.21. The van der Waals surface area contributed by atoms with E-state index in [0.717, 1.165) is 17.7 Å². The van der Waals surface area contributed by atoms with Crippen LogP contribution in [0.1, 0.15) is 31.7 Å². The fourth-order valence-corrected chi connectivity index (χ4v) is 2.30. The zero-order valence-electron chi connectivity index (χ0n) is 11.5. The van der Waals surface area contributed by atoms with E-state index in [1.807, 2.05) is 31.2 Å².